The van der Waals surface area contributed by atoms with Crippen molar-refractivity contribution in [3.05, 3.63) is 30.6 Å². The topological polar surface area (TPSA) is 159 Å². The Kier molecular flexibility index (Phi) is 6.91. The maximum Gasteiger partial charge on any atom is 0.325 e. The first-order chi connectivity index (χ1) is 13.2. The lowest BCUT2D eigenvalue weighted by Crippen LogP contribution is -2.57. The van der Waals surface area contributed by atoms with Crippen LogP contribution in [-0.4, -0.2) is 49.2 Å². The van der Waals surface area contributed by atoms with E-state index < -0.39 is 27.5 Å². The number of anilines is 1. The third kappa shape index (κ3) is 4.54. The molecule has 2 heterocycles. The van der Waals surface area contributed by atoms with Crippen molar-refractivity contribution in [3.8, 4) is 0 Å². The van der Waals surface area contributed by atoms with Gasteiger partial charge in [0.05, 0.1) is 16.8 Å². The molecule has 10 nitrogen and oxygen atoms in total. The van der Waals surface area contributed by atoms with Gasteiger partial charge in [-0.05, 0) is 12.1 Å². The SMILES string of the molecule is Cl.N=C(N)N(Cl)c1cncc2cc(S(=O)(=O)NC3(C(=O)O)CCOCC3)ccc12. The van der Waals surface area contributed by atoms with Crippen molar-refractivity contribution in [2.24, 2.45) is 5.73 Å². The highest BCUT2D eigenvalue weighted by molar-refractivity contribution is 7.89. The number of aliphatic carboxylic acids is 1. The number of fused-ring (bicyclic) bond motifs is 1. The molecule has 158 valence electrons. The van der Waals surface area contributed by atoms with E-state index in [1.54, 1.807) is 0 Å². The van der Waals surface area contributed by atoms with Gasteiger partial charge in [-0.15, -0.1) is 12.4 Å². The molecule has 1 aliphatic rings. The van der Waals surface area contributed by atoms with E-state index in [0.29, 0.717) is 16.5 Å². The summed E-state index contributed by atoms with van der Waals surface area (Å²) in [5.74, 6) is -1.67. The van der Waals surface area contributed by atoms with Gasteiger partial charge in [-0.1, -0.05) is 6.07 Å². The molecule has 1 aromatic carbocycles. The molecule has 0 unspecified atom stereocenters. The number of pyridine rings is 1. The van der Waals surface area contributed by atoms with Crippen LogP contribution in [0.2, 0.25) is 0 Å². The monoisotopic (exact) mass is 463 g/mol. The number of nitrogens with zero attached hydrogens (tertiary/aromatic N) is 2. The summed E-state index contributed by atoms with van der Waals surface area (Å²) >= 11 is 5.97. The van der Waals surface area contributed by atoms with Crippen LogP contribution >= 0.6 is 24.2 Å². The summed E-state index contributed by atoms with van der Waals surface area (Å²) in [6, 6.07) is 4.18. The zero-order chi connectivity index (χ0) is 20.5. The molecule has 1 aliphatic heterocycles. The number of nitrogens with two attached hydrogens (primary N) is 1. The largest absolute Gasteiger partial charge is 0.480 e. The summed E-state index contributed by atoms with van der Waals surface area (Å²) in [6.45, 7) is 0.298. The van der Waals surface area contributed by atoms with Gasteiger partial charge in [-0.25, -0.2) is 12.8 Å². The Labute approximate surface area is 178 Å². The quantitative estimate of drug-likeness (QED) is 0.294. The van der Waals surface area contributed by atoms with Crippen LogP contribution < -0.4 is 14.9 Å². The lowest BCUT2D eigenvalue weighted by atomic mass is 9.92. The standard InChI is InChI=1S/C16H18ClN5O5S.ClH/c17-22(15(18)19)13-9-20-8-10-7-11(1-2-12(10)13)28(25,26)21-16(14(23)24)3-5-27-6-4-16;/h1-2,7-9,21H,3-6H2,(H3,18,19)(H,23,24);1H. The minimum Gasteiger partial charge on any atom is -0.480 e. The van der Waals surface area contributed by atoms with Gasteiger partial charge in [0.1, 0.15) is 5.54 Å². The minimum atomic E-state index is -4.13. The number of sulfonamides is 1. The molecule has 5 N–H and O–H groups in total. The van der Waals surface area contributed by atoms with Crippen LogP contribution in [0.5, 0.6) is 0 Å². The molecular formula is C16H19Cl2N5O5S. The summed E-state index contributed by atoms with van der Waals surface area (Å²) in [7, 11) is -4.13. The van der Waals surface area contributed by atoms with Crippen LogP contribution in [0, 0.1) is 5.41 Å². The van der Waals surface area contributed by atoms with Crippen molar-refractivity contribution < 1.29 is 23.1 Å². The molecule has 2 aromatic rings. The molecule has 29 heavy (non-hydrogen) atoms. The van der Waals surface area contributed by atoms with Crippen molar-refractivity contribution in [2.45, 2.75) is 23.3 Å². The molecule has 0 saturated carbocycles. The van der Waals surface area contributed by atoms with Gasteiger partial charge in [0.25, 0.3) is 0 Å². The highest BCUT2D eigenvalue weighted by Crippen LogP contribution is 2.30. The first-order valence-electron chi connectivity index (χ1n) is 8.19. The lowest BCUT2D eigenvalue weighted by molar-refractivity contribution is -0.147. The molecule has 3 rings (SSSR count). The fourth-order valence-corrected chi connectivity index (χ4v) is 4.58. The van der Waals surface area contributed by atoms with Crippen LogP contribution in [-0.2, 0) is 19.6 Å². The van der Waals surface area contributed by atoms with E-state index >= 15 is 0 Å². The smallest absolute Gasteiger partial charge is 0.325 e. The van der Waals surface area contributed by atoms with E-state index in [2.05, 4.69) is 9.71 Å². The predicted molar refractivity (Wildman–Crippen MR) is 110 cm³/mol. The van der Waals surface area contributed by atoms with Gasteiger partial charge in [0.15, 0.2) is 0 Å². The normalized spacial score (nSPS) is 16.0. The van der Waals surface area contributed by atoms with Crippen LogP contribution in [0.4, 0.5) is 5.69 Å². The average molecular weight is 464 g/mol. The molecule has 1 aromatic heterocycles. The van der Waals surface area contributed by atoms with E-state index in [4.69, 9.17) is 27.7 Å². The molecule has 1 fully saturated rings. The average Bonchev–Trinajstić information content (AvgIpc) is 2.66. The van der Waals surface area contributed by atoms with Crippen molar-refractivity contribution in [3.63, 3.8) is 0 Å². The Morgan fingerprint density at radius 2 is 2.00 bits per heavy atom. The Morgan fingerprint density at radius 3 is 2.59 bits per heavy atom. The molecule has 0 aliphatic carbocycles. The summed E-state index contributed by atoms with van der Waals surface area (Å²) in [4.78, 5) is 15.6. The third-order valence-corrected chi connectivity index (χ3v) is 6.43. The van der Waals surface area contributed by atoms with Gasteiger partial charge in [0, 0.05) is 54.8 Å². The molecule has 0 amide bonds. The van der Waals surface area contributed by atoms with Gasteiger partial charge in [-0.2, -0.15) is 4.72 Å². The number of ether oxygens (including phenoxy) is 1. The van der Waals surface area contributed by atoms with Crippen molar-refractivity contribution in [2.75, 3.05) is 17.6 Å². The van der Waals surface area contributed by atoms with E-state index in [-0.39, 0.29) is 43.4 Å². The number of benzene rings is 1. The first-order valence-corrected chi connectivity index (χ1v) is 10.0. The highest BCUT2D eigenvalue weighted by atomic mass is 35.5. The molecule has 13 heteroatoms. The lowest BCUT2D eigenvalue weighted by Gasteiger charge is -2.33. The van der Waals surface area contributed by atoms with Crippen molar-refractivity contribution in [1.29, 1.82) is 5.41 Å². The minimum absolute atomic E-state index is 0. The number of carbonyl (C=O) groups is 1. The number of guanidine groups is 1. The van der Waals surface area contributed by atoms with Crippen LogP contribution in [0.1, 0.15) is 12.8 Å². The summed E-state index contributed by atoms with van der Waals surface area (Å²) in [6.07, 6.45) is 2.88. The molecule has 0 radical (unpaired) electrons. The van der Waals surface area contributed by atoms with E-state index in [1.165, 1.54) is 30.6 Å². The maximum absolute atomic E-state index is 12.9. The van der Waals surface area contributed by atoms with Gasteiger partial charge in [0.2, 0.25) is 16.0 Å². The summed E-state index contributed by atoms with van der Waals surface area (Å²) in [5, 5.41) is 18.0. The van der Waals surface area contributed by atoms with Crippen LogP contribution in [0.25, 0.3) is 10.8 Å². The number of hydrogen-bond acceptors (Lipinski definition) is 6. The Hall–Kier alpha value is -2.18. The fourth-order valence-electron chi connectivity index (χ4n) is 2.99. The first kappa shape index (κ1) is 23.1. The van der Waals surface area contributed by atoms with Gasteiger partial charge < -0.3 is 15.6 Å². The van der Waals surface area contributed by atoms with Gasteiger partial charge >= 0.3 is 5.97 Å². The molecular weight excluding hydrogens is 445 g/mol. The predicted octanol–water partition coefficient (Wildman–Crippen LogP) is 1.42. The molecule has 0 bridgehead atoms. The number of hydrogen-bond donors (Lipinski definition) is 4. The molecule has 1 saturated heterocycles. The number of carboxylic acid groups (broad SMARTS) is 1. The number of nitrogens with one attached hydrogen (secondary N) is 2. The number of rotatable bonds is 5. The zero-order valence-corrected chi connectivity index (χ0v) is 17.4. The second-order valence-corrected chi connectivity index (χ2v) is 8.33. The highest BCUT2D eigenvalue weighted by Gasteiger charge is 2.43. The number of aromatic nitrogens is 1. The Bertz CT molecular complexity index is 1040. The Morgan fingerprint density at radius 1 is 1.34 bits per heavy atom. The Balaban J connectivity index is 0.00000300. The number of carboxylic acids is 1. The second kappa shape index (κ2) is 8.67. The summed E-state index contributed by atoms with van der Waals surface area (Å²) in [5.41, 5.74) is 4.08. The molecule has 0 atom stereocenters. The van der Waals surface area contributed by atoms with E-state index in [0.717, 1.165) is 4.42 Å². The van der Waals surface area contributed by atoms with Gasteiger partial charge in [-0.3, -0.25) is 15.2 Å². The summed E-state index contributed by atoms with van der Waals surface area (Å²) < 4.78 is 34.1. The van der Waals surface area contributed by atoms with Crippen molar-refractivity contribution in [1.82, 2.24) is 9.71 Å². The van der Waals surface area contributed by atoms with Crippen LogP contribution in [0.15, 0.2) is 35.5 Å². The van der Waals surface area contributed by atoms with Crippen LogP contribution in [0.3, 0.4) is 0 Å². The number of halogens is 2. The van der Waals surface area contributed by atoms with E-state index in [9.17, 15) is 18.3 Å². The molecule has 0 spiro atoms. The van der Waals surface area contributed by atoms with Crippen molar-refractivity contribution >= 4 is 62.6 Å². The second-order valence-electron chi connectivity index (χ2n) is 6.31. The fraction of sp³-hybridized carbons (Fsp3) is 0.312. The third-order valence-electron chi connectivity index (χ3n) is 4.53. The maximum atomic E-state index is 12.9. The van der Waals surface area contributed by atoms with E-state index in [1.807, 2.05) is 0 Å². The zero-order valence-electron chi connectivity index (χ0n) is 15.0.